The van der Waals surface area contributed by atoms with Crippen molar-refractivity contribution >= 4 is 34.6 Å². The van der Waals surface area contributed by atoms with Crippen molar-refractivity contribution < 1.29 is 14.5 Å². The number of nitro groups is 1. The molecule has 0 saturated carbocycles. The molecule has 0 spiro atoms. The molecule has 0 atom stereocenters. The minimum absolute atomic E-state index is 0.103. The average Bonchev–Trinajstić information content (AvgIpc) is 2.67. The highest BCUT2D eigenvalue weighted by Crippen LogP contribution is 2.33. The number of hydrogen-bond acceptors (Lipinski definition) is 5. The molecule has 0 radical (unpaired) electrons. The van der Waals surface area contributed by atoms with Crippen LogP contribution in [0.2, 0.25) is 0 Å². The summed E-state index contributed by atoms with van der Waals surface area (Å²) in [6.07, 6.45) is 1.09. The Hall–Kier alpha value is -3.42. The number of rotatable bonds is 5. The number of aryl methyl sites for hydroxylation is 1. The van der Waals surface area contributed by atoms with Gasteiger partial charge < -0.3 is 15.5 Å². The molecule has 2 aromatic rings. The summed E-state index contributed by atoms with van der Waals surface area (Å²) in [5.74, 6) is -0.283. The summed E-state index contributed by atoms with van der Waals surface area (Å²) in [5, 5.41) is 16.9. The maximum absolute atomic E-state index is 12.0. The van der Waals surface area contributed by atoms with Gasteiger partial charge in [-0.15, -0.1) is 0 Å². The summed E-state index contributed by atoms with van der Waals surface area (Å²) in [4.78, 5) is 36.3. The molecule has 8 heteroatoms. The molecule has 27 heavy (non-hydrogen) atoms. The van der Waals surface area contributed by atoms with Crippen molar-refractivity contribution in [2.75, 3.05) is 23.8 Å². The van der Waals surface area contributed by atoms with E-state index in [0.717, 1.165) is 11.3 Å². The van der Waals surface area contributed by atoms with Crippen LogP contribution in [0, 0.1) is 10.1 Å². The Labute approximate surface area is 156 Å². The minimum Gasteiger partial charge on any atom is -0.355 e. The average molecular weight is 368 g/mol. The number of fused-ring (bicyclic) bond motifs is 1. The second kappa shape index (κ2) is 7.45. The summed E-state index contributed by atoms with van der Waals surface area (Å²) >= 11 is 0. The van der Waals surface area contributed by atoms with Crippen LogP contribution in [0.4, 0.5) is 22.7 Å². The first kappa shape index (κ1) is 18.4. The van der Waals surface area contributed by atoms with Crippen LogP contribution < -0.4 is 15.5 Å². The predicted octanol–water partition coefficient (Wildman–Crippen LogP) is 3.00. The Morgan fingerprint density at radius 2 is 2.00 bits per heavy atom. The summed E-state index contributed by atoms with van der Waals surface area (Å²) < 4.78 is 0. The first-order valence-corrected chi connectivity index (χ1v) is 8.65. The van der Waals surface area contributed by atoms with E-state index in [1.807, 2.05) is 19.1 Å². The van der Waals surface area contributed by atoms with Gasteiger partial charge in [0.1, 0.15) is 5.69 Å². The number of anilines is 3. The second-order valence-corrected chi connectivity index (χ2v) is 6.17. The number of carbonyl (C=O) groups is 2. The van der Waals surface area contributed by atoms with Crippen LogP contribution in [0.1, 0.15) is 29.3 Å². The van der Waals surface area contributed by atoms with E-state index < -0.39 is 4.92 Å². The topological polar surface area (TPSA) is 105 Å². The Morgan fingerprint density at radius 3 is 2.67 bits per heavy atom. The molecule has 1 heterocycles. The van der Waals surface area contributed by atoms with Crippen LogP contribution in [0.15, 0.2) is 36.4 Å². The molecule has 1 aliphatic rings. The van der Waals surface area contributed by atoms with E-state index in [9.17, 15) is 19.7 Å². The van der Waals surface area contributed by atoms with E-state index in [-0.39, 0.29) is 23.1 Å². The fraction of sp³-hybridized carbons (Fsp3) is 0.263. The molecule has 0 bridgehead atoms. The number of amides is 2. The molecule has 2 amide bonds. The maximum Gasteiger partial charge on any atom is 0.293 e. The van der Waals surface area contributed by atoms with Crippen molar-refractivity contribution in [1.82, 2.24) is 5.32 Å². The van der Waals surface area contributed by atoms with Crippen LogP contribution in [0.5, 0.6) is 0 Å². The smallest absolute Gasteiger partial charge is 0.293 e. The van der Waals surface area contributed by atoms with E-state index in [2.05, 4.69) is 10.6 Å². The van der Waals surface area contributed by atoms with E-state index in [1.165, 1.54) is 25.2 Å². The van der Waals surface area contributed by atoms with E-state index in [1.54, 1.807) is 11.0 Å². The van der Waals surface area contributed by atoms with Crippen LogP contribution in [-0.4, -0.2) is 30.3 Å². The highest BCUT2D eigenvalue weighted by Gasteiger charge is 2.23. The van der Waals surface area contributed by atoms with Gasteiger partial charge in [-0.1, -0.05) is 0 Å². The fourth-order valence-electron chi connectivity index (χ4n) is 3.21. The van der Waals surface area contributed by atoms with Crippen LogP contribution in [-0.2, 0) is 11.2 Å². The monoisotopic (exact) mass is 368 g/mol. The third-order valence-electron chi connectivity index (χ3n) is 4.56. The van der Waals surface area contributed by atoms with Gasteiger partial charge in [-0.25, -0.2) is 0 Å². The summed E-state index contributed by atoms with van der Waals surface area (Å²) in [6.45, 7) is 2.53. The second-order valence-electron chi connectivity index (χ2n) is 6.17. The standard InChI is InChI=1S/C19H20N4O4/c1-3-22-16-8-6-14(10-12(16)5-9-18(22)24)21-15-7-4-13(19(25)20-2)11-17(15)23(26)27/h4,6-8,10-11,21H,3,5,9H2,1-2H3,(H,20,25). The zero-order valence-corrected chi connectivity index (χ0v) is 15.1. The molecule has 0 aliphatic carbocycles. The Bertz CT molecular complexity index is 926. The minimum atomic E-state index is -0.523. The number of carbonyl (C=O) groups excluding carboxylic acids is 2. The SMILES string of the molecule is CCN1C(=O)CCc2cc(Nc3ccc(C(=O)NC)cc3[N+](=O)[O-])ccc21. The number of benzene rings is 2. The molecule has 8 nitrogen and oxygen atoms in total. The van der Waals surface area contributed by atoms with Gasteiger partial charge in [0.15, 0.2) is 0 Å². The van der Waals surface area contributed by atoms with Gasteiger partial charge >= 0.3 is 0 Å². The van der Waals surface area contributed by atoms with Crippen molar-refractivity contribution in [3.63, 3.8) is 0 Å². The van der Waals surface area contributed by atoms with Gasteiger partial charge in [-0.05, 0) is 49.2 Å². The molecule has 1 aliphatic heterocycles. The lowest BCUT2D eigenvalue weighted by atomic mass is 10.0. The predicted molar refractivity (Wildman–Crippen MR) is 103 cm³/mol. The highest BCUT2D eigenvalue weighted by molar-refractivity contribution is 5.97. The zero-order valence-electron chi connectivity index (χ0n) is 15.1. The Kier molecular flexibility index (Phi) is 5.07. The van der Waals surface area contributed by atoms with Gasteiger partial charge in [0.05, 0.1) is 4.92 Å². The van der Waals surface area contributed by atoms with Gasteiger partial charge in [-0.2, -0.15) is 0 Å². The van der Waals surface area contributed by atoms with Gasteiger partial charge in [-0.3, -0.25) is 19.7 Å². The van der Waals surface area contributed by atoms with Crippen LogP contribution in [0.3, 0.4) is 0 Å². The molecule has 0 fully saturated rings. The number of nitrogens with one attached hydrogen (secondary N) is 2. The van der Waals surface area contributed by atoms with Crippen LogP contribution in [0.25, 0.3) is 0 Å². The van der Waals surface area contributed by atoms with Crippen molar-refractivity contribution in [2.45, 2.75) is 19.8 Å². The summed E-state index contributed by atoms with van der Waals surface area (Å²) in [7, 11) is 1.47. The van der Waals surface area contributed by atoms with Gasteiger partial charge in [0.2, 0.25) is 5.91 Å². The summed E-state index contributed by atoms with van der Waals surface area (Å²) in [5.41, 5.74) is 2.92. The zero-order chi connectivity index (χ0) is 19.6. The number of nitro benzene ring substituents is 1. The third kappa shape index (κ3) is 3.59. The number of nitrogens with zero attached hydrogens (tertiary/aromatic N) is 2. The van der Waals surface area contributed by atoms with Crippen LogP contribution >= 0.6 is 0 Å². The quantitative estimate of drug-likeness (QED) is 0.623. The van der Waals surface area contributed by atoms with Crippen molar-refractivity contribution in [3.05, 3.63) is 57.6 Å². The third-order valence-corrected chi connectivity index (χ3v) is 4.56. The Morgan fingerprint density at radius 1 is 1.22 bits per heavy atom. The maximum atomic E-state index is 12.0. The van der Waals surface area contributed by atoms with E-state index in [0.29, 0.717) is 30.8 Å². The molecular weight excluding hydrogens is 348 g/mol. The molecular formula is C19H20N4O4. The van der Waals surface area contributed by atoms with Gasteiger partial charge in [0, 0.05) is 43.0 Å². The van der Waals surface area contributed by atoms with Crippen molar-refractivity contribution in [3.8, 4) is 0 Å². The molecule has 0 aromatic heterocycles. The highest BCUT2D eigenvalue weighted by atomic mass is 16.6. The molecule has 2 aromatic carbocycles. The first-order valence-electron chi connectivity index (χ1n) is 8.65. The molecule has 0 unspecified atom stereocenters. The summed E-state index contributed by atoms with van der Waals surface area (Å²) in [6, 6.07) is 9.84. The molecule has 3 rings (SSSR count). The van der Waals surface area contributed by atoms with E-state index in [4.69, 9.17) is 0 Å². The van der Waals surface area contributed by atoms with Crippen molar-refractivity contribution in [1.29, 1.82) is 0 Å². The molecule has 2 N–H and O–H groups in total. The molecule has 0 saturated heterocycles. The molecule has 140 valence electrons. The lowest BCUT2D eigenvalue weighted by Crippen LogP contribution is -2.34. The normalized spacial score (nSPS) is 13.1. The van der Waals surface area contributed by atoms with Gasteiger partial charge in [0.25, 0.3) is 11.6 Å². The Balaban J connectivity index is 1.93. The first-order chi connectivity index (χ1) is 12.9. The number of hydrogen-bond donors (Lipinski definition) is 2. The lowest BCUT2D eigenvalue weighted by Gasteiger charge is -2.28. The van der Waals surface area contributed by atoms with E-state index >= 15 is 0 Å². The largest absolute Gasteiger partial charge is 0.355 e. The van der Waals surface area contributed by atoms with Crippen molar-refractivity contribution in [2.24, 2.45) is 0 Å². The lowest BCUT2D eigenvalue weighted by molar-refractivity contribution is -0.383. The fourth-order valence-corrected chi connectivity index (χ4v) is 3.21.